The summed E-state index contributed by atoms with van der Waals surface area (Å²) in [5.41, 5.74) is 0.705. The Morgan fingerprint density at radius 2 is 2.17 bits per heavy atom. The molecule has 5 heteroatoms. The topological polar surface area (TPSA) is 79.5 Å². The van der Waals surface area contributed by atoms with E-state index >= 15 is 0 Å². The Morgan fingerprint density at radius 1 is 1.39 bits per heavy atom. The van der Waals surface area contributed by atoms with Crippen LogP contribution in [0.3, 0.4) is 0 Å². The van der Waals surface area contributed by atoms with E-state index in [1.165, 1.54) is 0 Å². The average molecular weight is 245 g/mol. The third-order valence-corrected chi connectivity index (χ3v) is 3.26. The third-order valence-electron chi connectivity index (χ3n) is 3.26. The minimum Gasteiger partial charge on any atom is -0.481 e. The highest BCUT2D eigenvalue weighted by Gasteiger charge is 2.42. The first-order valence-corrected chi connectivity index (χ1v) is 5.66. The number of hydrogen-bond donors (Lipinski definition) is 2. The number of fused-ring (bicyclic) bond motifs is 1. The van der Waals surface area contributed by atoms with E-state index in [0.29, 0.717) is 17.9 Å². The van der Waals surface area contributed by atoms with Gasteiger partial charge in [-0.15, -0.1) is 0 Å². The number of furan rings is 1. The van der Waals surface area contributed by atoms with E-state index in [0.717, 1.165) is 5.39 Å². The zero-order chi connectivity index (χ0) is 12.7. The molecule has 1 saturated heterocycles. The summed E-state index contributed by atoms with van der Waals surface area (Å²) in [6.07, 6.45) is 0. The van der Waals surface area contributed by atoms with Crippen molar-refractivity contribution >= 4 is 22.8 Å². The van der Waals surface area contributed by atoms with Gasteiger partial charge in [0.2, 0.25) is 5.91 Å². The Morgan fingerprint density at radius 3 is 2.89 bits per heavy atom. The number of amides is 1. The van der Waals surface area contributed by atoms with Crippen molar-refractivity contribution in [1.29, 1.82) is 0 Å². The van der Waals surface area contributed by atoms with Crippen molar-refractivity contribution in [2.45, 2.75) is 5.92 Å². The van der Waals surface area contributed by atoms with Crippen LogP contribution < -0.4 is 5.32 Å². The molecule has 0 radical (unpaired) electrons. The van der Waals surface area contributed by atoms with E-state index in [2.05, 4.69) is 5.32 Å². The van der Waals surface area contributed by atoms with Gasteiger partial charge in [0.1, 0.15) is 17.3 Å². The molecular formula is C13H11NO4. The Labute approximate surface area is 102 Å². The van der Waals surface area contributed by atoms with Crippen LogP contribution in [0.4, 0.5) is 0 Å². The molecule has 2 atom stereocenters. The van der Waals surface area contributed by atoms with Crippen molar-refractivity contribution in [2.24, 2.45) is 5.92 Å². The SMILES string of the molecule is O=C(O)C1C(=O)NCC1c1cc2ccccc2o1. The van der Waals surface area contributed by atoms with Gasteiger partial charge in [-0.05, 0) is 12.1 Å². The largest absolute Gasteiger partial charge is 0.481 e. The van der Waals surface area contributed by atoms with Crippen LogP contribution in [-0.4, -0.2) is 23.5 Å². The number of aliphatic carboxylic acids is 1. The quantitative estimate of drug-likeness (QED) is 0.782. The Kier molecular flexibility index (Phi) is 2.33. The van der Waals surface area contributed by atoms with Crippen molar-refractivity contribution in [3.8, 4) is 0 Å². The highest BCUT2D eigenvalue weighted by Crippen LogP contribution is 2.33. The van der Waals surface area contributed by atoms with Crippen molar-refractivity contribution in [3.63, 3.8) is 0 Å². The molecule has 2 N–H and O–H groups in total. The van der Waals surface area contributed by atoms with E-state index < -0.39 is 23.7 Å². The number of nitrogens with one attached hydrogen (secondary N) is 1. The maximum atomic E-state index is 11.5. The lowest BCUT2D eigenvalue weighted by atomic mass is 9.93. The summed E-state index contributed by atoms with van der Waals surface area (Å²) in [6, 6.07) is 9.24. The molecule has 1 aromatic heterocycles. The number of carbonyl (C=O) groups is 2. The fourth-order valence-electron chi connectivity index (χ4n) is 2.36. The molecule has 2 aromatic rings. The lowest BCUT2D eigenvalue weighted by molar-refractivity contribution is -0.146. The van der Waals surface area contributed by atoms with Crippen LogP contribution in [0.5, 0.6) is 0 Å². The summed E-state index contributed by atoms with van der Waals surface area (Å²) in [5, 5.41) is 12.6. The van der Waals surface area contributed by atoms with Crippen molar-refractivity contribution in [3.05, 3.63) is 36.1 Å². The molecule has 0 spiro atoms. The Balaban J connectivity index is 2.03. The summed E-state index contributed by atoms with van der Waals surface area (Å²) < 4.78 is 5.63. The second kappa shape index (κ2) is 3.87. The minimum atomic E-state index is -1.12. The molecule has 92 valence electrons. The molecular weight excluding hydrogens is 234 g/mol. The fourth-order valence-corrected chi connectivity index (χ4v) is 2.36. The smallest absolute Gasteiger partial charge is 0.316 e. The highest BCUT2D eigenvalue weighted by atomic mass is 16.4. The van der Waals surface area contributed by atoms with E-state index in [4.69, 9.17) is 9.52 Å². The Hall–Kier alpha value is -2.30. The van der Waals surface area contributed by atoms with Gasteiger partial charge in [-0.3, -0.25) is 9.59 Å². The number of para-hydroxylation sites is 1. The second-order valence-corrected chi connectivity index (χ2v) is 4.35. The van der Waals surface area contributed by atoms with Crippen LogP contribution in [-0.2, 0) is 9.59 Å². The number of rotatable bonds is 2. The molecule has 2 unspecified atom stereocenters. The molecule has 3 rings (SSSR count). The van der Waals surface area contributed by atoms with Gasteiger partial charge in [-0.25, -0.2) is 0 Å². The maximum absolute atomic E-state index is 11.5. The number of hydrogen-bond acceptors (Lipinski definition) is 3. The molecule has 1 aliphatic heterocycles. The normalized spacial score (nSPS) is 23.2. The third kappa shape index (κ3) is 1.55. The molecule has 18 heavy (non-hydrogen) atoms. The minimum absolute atomic E-state index is 0.301. The molecule has 1 aliphatic rings. The van der Waals surface area contributed by atoms with E-state index in [-0.39, 0.29) is 0 Å². The first-order chi connectivity index (χ1) is 8.66. The van der Waals surface area contributed by atoms with Gasteiger partial charge in [-0.2, -0.15) is 0 Å². The highest BCUT2D eigenvalue weighted by molar-refractivity contribution is 6.00. The summed E-state index contributed by atoms with van der Waals surface area (Å²) >= 11 is 0. The molecule has 1 fully saturated rings. The Bertz CT molecular complexity index is 598. The monoisotopic (exact) mass is 245 g/mol. The summed E-state index contributed by atoms with van der Waals surface area (Å²) in [5.74, 6) is -2.53. The zero-order valence-electron chi connectivity index (χ0n) is 9.42. The lowest BCUT2D eigenvalue weighted by Crippen LogP contribution is -2.26. The first kappa shape index (κ1) is 10.8. The van der Waals surface area contributed by atoms with Gasteiger partial charge >= 0.3 is 5.97 Å². The van der Waals surface area contributed by atoms with Gasteiger partial charge in [0.15, 0.2) is 0 Å². The summed E-state index contributed by atoms with van der Waals surface area (Å²) in [4.78, 5) is 22.6. The predicted octanol–water partition coefficient (Wildman–Crippen LogP) is 1.35. The van der Waals surface area contributed by atoms with E-state index in [9.17, 15) is 9.59 Å². The molecule has 0 saturated carbocycles. The standard InChI is InChI=1S/C13H11NO4/c15-12-11(13(16)17)8(6-14-12)10-5-7-3-1-2-4-9(7)18-10/h1-5,8,11H,6H2,(H,14,15)(H,16,17). The van der Waals surface area contributed by atoms with Crippen molar-refractivity contribution in [1.82, 2.24) is 5.32 Å². The molecule has 0 aliphatic carbocycles. The van der Waals surface area contributed by atoms with Crippen LogP contribution in [0, 0.1) is 5.92 Å². The van der Waals surface area contributed by atoms with E-state index in [1.54, 1.807) is 6.07 Å². The van der Waals surface area contributed by atoms with Gasteiger partial charge in [0, 0.05) is 11.9 Å². The lowest BCUT2D eigenvalue weighted by Gasteiger charge is -2.09. The van der Waals surface area contributed by atoms with Crippen LogP contribution in [0.15, 0.2) is 34.7 Å². The molecule has 1 amide bonds. The molecule has 5 nitrogen and oxygen atoms in total. The van der Waals surface area contributed by atoms with Gasteiger partial charge in [-0.1, -0.05) is 18.2 Å². The van der Waals surface area contributed by atoms with Crippen molar-refractivity contribution in [2.75, 3.05) is 6.54 Å². The van der Waals surface area contributed by atoms with Gasteiger partial charge < -0.3 is 14.8 Å². The second-order valence-electron chi connectivity index (χ2n) is 4.35. The van der Waals surface area contributed by atoms with Gasteiger partial charge in [0.25, 0.3) is 0 Å². The number of carboxylic acids is 1. The molecule has 1 aromatic carbocycles. The summed E-state index contributed by atoms with van der Waals surface area (Å²) in [6.45, 7) is 0.301. The number of benzene rings is 1. The van der Waals surface area contributed by atoms with Crippen LogP contribution >= 0.6 is 0 Å². The first-order valence-electron chi connectivity index (χ1n) is 5.66. The fraction of sp³-hybridized carbons (Fsp3) is 0.231. The average Bonchev–Trinajstić information content (AvgIpc) is 2.91. The molecule has 0 bridgehead atoms. The summed E-state index contributed by atoms with van der Waals surface area (Å²) in [7, 11) is 0. The van der Waals surface area contributed by atoms with Gasteiger partial charge in [0.05, 0.1) is 5.92 Å². The predicted molar refractivity (Wildman–Crippen MR) is 63.1 cm³/mol. The van der Waals surface area contributed by atoms with Crippen LogP contribution in [0.25, 0.3) is 11.0 Å². The molecule has 2 heterocycles. The zero-order valence-corrected chi connectivity index (χ0v) is 9.42. The van der Waals surface area contributed by atoms with Crippen LogP contribution in [0.2, 0.25) is 0 Å². The number of carbonyl (C=O) groups excluding carboxylic acids is 1. The van der Waals surface area contributed by atoms with Crippen molar-refractivity contribution < 1.29 is 19.1 Å². The maximum Gasteiger partial charge on any atom is 0.316 e. The van der Waals surface area contributed by atoms with E-state index in [1.807, 2.05) is 24.3 Å². The van der Waals surface area contributed by atoms with Crippen LogP contribution in [0.1, 0.15) is 11.7 Å². The number of carboxylic acid groups (broad SMARTS) is 1.